The van der Waals surface area contributed by atoms with Crippen LogP contribution in [-0.4, -0.2) is 54.2 Å². The van der Waals surface area contributed by atoms with Gasteiger partial charge in [-0.2, -0.15) is 0 Å². The van der Waals surface area contributed by atoms with Gasteiger partial charge in [0, 0.05) is 19.1 Å². The maximum atomic E-state index is 11.7. The largest absolute Gasteiger partial charge is 0.480 e. The van der Waals surface area contributed by atoms with Gasteiger partial charge >= 0.3 is 12.0 Å². The van der Waals surface area contributed by atoms with Crippen LogP contribution in [0.15, 0.2) is 0 Å². The summed E-state index contributed by atoms with van der Waals surface area (Å²) in [6.45, 7) is 9.20. The molecular weight excluding hydrogens is 258 g/mol. The van der Waals surface area contributed by atoms with Crippen LogP contribution < -0.4 is 10.6 Å². The van der Waals surface area contributed by atoms with Crippen molar-refractivity contribution in [3.05, 3.63) is 0 Å². The van der Waals surface area contributed by atoms with Crippen LogP contribution in [0.1, 0.15) is 40.5 Å². The standard InChI is InChI=1S/C14H29N3O3/c1-6-10(3)12(13(18)19)16-14(20)15-8-9-17(5)11(4)7-2/h10-12H,6-9H2,1-5H3,(H,18,19)(H2,15,16,20)/t10?,11?,12-/m0/s1. The molecule has 0 heterocycles. The van der Waals surface area contributed by atoms with Gasteiger partial charge in [0.1, 0.15) is 6.04 Å². The van der Waals surface area contributed by atoms with E-state index in [1.807, 2.05) is 20.9 Å². The second kappa shape index (κ2) is 9.58. The summed E-state index contributed by atoms with van der Waals surface area (Å²) < 4.78 is 0. The van der Waals surface area contributed by atoms with Gasteiger partial charge in [0.2, 0.25) is 0 Å². The quantitative estimate of drug-likeness (QED) is 0.600. The fraction of sp³-hybridized carbons (Fsp3) is 0.857. The maximum Gasteiger partial charge on any atom is 0.326 e. The van der Waals surface area contributed by atoms with E-state index < -0.39 is 18.0 Å². The predicted molar refractivity (Wildman–Crippen MR) is 79.8 cm³/mol. The van der Waals surface area contributed by atoms with Gasteiger partial charge in [0.15, 0.2) is 0 Å². The highest BCUT2D eigenvalue weighted by Gasteiger charge is 2.25. The third-order valence-electron chi connectivity index (χ3n) is 3.86. The van der Waals surface area contributed by atoms with E-state index in [9.17, 15) is 9.59 Å². The SMILES string of the molecule is CCC(C)[C@H](NC(=O)NCCN(C)C(C)CC)C(=O)O. The monoisotopic (exact) mass is 287 g/mol. The fourth-order valence-electron chi connectivity index (χ4n) is 1.75. The molecule has 2 unspecified atom stereocenters. The van der Waals surface area contributed by atoms with Crippen LogP contribution >= 0.6 is 0 Å². The number of aliphatic carboxylic acids is 1. The first-order valence-corrected chi connectivity index (χ1v) is 7.30. The van der Waals surface area contributed by atoms with Crippen LogP contribution in [0.3, 0.4) is 0 Å². The van der Waals surface area contributed by atoms with Crippen LogP contribution in [0.2, 0.25) is 0 Å². The Balaban J connectivity index is 4.12. The van der Waals surface area contributed by atoms with Gasteiger partial charge in [-0.05, 0) is 26.3 Å². The Hall–Kier alpha value is -1.30. The molecule has 0 aliphatic carbocycles. The Bertz CT molecular complexity index is 310. The number of carbonyl (C=O) groups is 2. The number of hydrogen-bond donors (Lipinski definition) is 3. The number of amides is 2. The van der Waals surface area contributed by atoms with Crippen molar-refractivity contribution in [3.8, 4) is 0 Å². The molecule has 0 rings (SSSR count). The lowest BCUT2D eigenvalue weighted by atomic mass is 9.99. The number of hydrogen-bond acceptors (Lipinski definition) is 3. The summed E-state index contributed by atoms with van der Waals surface area (Å²) in [5.41, 5.74) is 0. The number of likely N-dealkylation sites (N-methyl/N-ethyl adjacent to an activating group) is 1. The van der Waals surface area contributed by atoms with Crippen molar-refractivity contribution < 1.29 is 14.7 Å². The van der Waals surface area contributed by atoms with Crippen molar-refractivity contribution in [3.63, 3.8) is 0 Å². The zero-order valence-corrected chi connectivity index (χ0v) is 13.3. The number of nitrogens with one attached hydrogen (secondary N) is 2. The van der Waals surface area contributed by atoms with Crippen LogP contribution in [0.4, 0.5) is 4.79 Å². The molecule has 20 heavy (non-hydrogen) atoms. The van der Waals surface area contributed by atoms with Crippen LogP contribution in [0.5, 0.6) is 0 Å². The third kappa shape index (κ3) is 6.75. The number of carboxylic acid groups (broad SMARTS) is 1. The van der Waals surface area contributed by atoms with E-state index in [1.54, 1.807) is 0 Å². The van der Waals surface area contributed by atoms with Gasteiger partial charge in [-0.15, -0.1) is 0 Å². The molecule has 6 nitrogen and oxygen atoms in total. The zero-order chi connectivity index (χ0) is 15.7. The smallest absolute Gasteiger partial charge is 0.326 e. The summed E-state index contributed by atoms with van der Waals surface area (Å²) in [6, 6.07) is -0.797. The molecule has 0 radical (unpaired) electrons. The molecule has 0 saturated heterocycles. The predicted octanol–water partition coefficient (Wildman–Crippen LogP) is 1.52. The number of urea groups is 1. The molecule has 0 fully saturated rings. The van der Waals surface area contributed by atoms with E-state index in [2.05, 4.69) is 29.4 Å². The molecule has 6 heteroatoms. The molecule has 2 amide bonds. The Kier molecular flexibility index (Phi) is 8.96. The number of nitrogens with zero attached hydrogens (tertiary/aromatic N) is 1. The highest BCUT2D eigenvalue weighted by atomic mass is 16.4. The minimum absolute atomic E-state index is 0.0963. The second-order valence-corrected chi connectivity index (χ2v) is 5.34. The highest BCUT2D eigenvalue weighted by Crippen LogP contribution is 2.07. The molecule has 118 valence electrons. The van der Waals surface area contributed by atoms with Crippen LogP contribution in [0, 0.1) is 5.92 Å². The van der Waals surface area contributed by atoms with Gasteiger partial charge in [0.25, 0.3) is 0 Å². The van der Waals surface area contributed by atoms with Crippen molar-refractivity contribution >= 4 is 12.0 Å². The lowest BCUT2D eigenvalue weighted by Gasteiger charge is -2.24. The van der Waals surface area contributed by atoms with E-state index in [-0.39, 0.29) is 5.92 Å². The number of rotatable bonds is 9. The van der Waals surface area contributed by atoms with Crippen LogP contribution in [0.25, 0.3) is 0 Å². The summed E-state index contributed by atoms with van der Waals surface area (Å²) in [5.74, 6) is -1.09. The van der Waals surface area contributed by atoms with E-state index in [1.165, 1.54) is 0 Å². The van der Waals surface area contributed by atoms with E-state index in [0.717, 1.165) is 13.0 Å². The molecule has 0 aliphatic heterocycles. The second-order valence-electron chi connectivity index (χ2n) is 5.34. The number of carbonyl (C=O) groups excluding carboxylic acids is 1. The highest BCUT2D eigenvalue weighted by molar-refractivity contribution is 5.82. The number of carboxylic acids is 1. The Labute approximate surface area is 121 Å². The third-order valence-corrected chi connectivity index (χ3v) is 3.86. The topological polar surface area (TPSA) is 81.7 Å². The van der Waals surface area contributed by atoms with E-state index in [4.69, 9.17) is 5.11 Å². The van der Waals surface area contributed by atoms with Crippen molar-refractivity contribution in [2.45, 2.75) is 52.6 Å². The molecule has 0 aromatic carbocycles. The zero-order valence-electron chi connectivity index (χ0n) is 13.3. The van der Waals surface area contributed by atoms with Crippen molar-refractivity contribution in [1.29, 1.82) is 0 Å². The Morgan fingerprint density at radius 2 is 1.80 bits per heavy atom. The first-order chi connectivity index (χ1) is 9.33. The maximum absolute atomic E-state index is 11.7. The Morgan fingerprint density at radius 3 is 2.25 bits per heavy atom. The van der Waals surface area contributed by atoms with Crippen molar-refractivity contribution in [1.82, 2.24) is 15.5 Å². The van der Waals surface area contributed by atoms with Gasteiger partial charge < -0.3 is 20.6 Å². The molecule has 0 aromatic rings. The summed E-state index contributed by atoms with van der Waals surface area (Å²) >= 11 is 0. The minimum Gasteiger partial charge on any atom is -0.480 e. The molecule has 0 aromatic heterocycles. The van der Waals surface area contributed by atoms with E-state index in [0.29, 0.717) is 19.0 Å². The lowest BCUT2D eigenvalue weighted by molar-refractivity contribution is -0.140. The van der Waals surface area contributed by atoms with Crippen LogP contribution in [-0.2, 0) is 4.79 Å². The van der Waals surface area contributed by atoms with Crippen molar-refractivity contribution in [2.24, 2.45) is 5.92 Å². The van der Waals surface area contributed by atoms with Gasteiger partial charge in [0.05, 0.1) is 0 Å². The normalized spacial score (nSPS) is 15.5. The Morgan fingerprint density at radius 1 is 1.20 bits per heavy atom. The van der Waals surface area contributed by atoms with E-state index >= 15 is 0 Å². The molecule has 0 saturated carbocycles. The van der Waals surface area contributed by atoms with Gasteiger partial charge in [-0.1, -0.05) is 27.2 Å². The average molecular weight is 287 g/mol. The average Bonchev–Trinajstić information content (AvgIpc) is 2.42. The molecule has 3 atom stereocenters. The molecule has 0 bridgehead atoms. The lowest BCUT2D eigenvalue weighted by Crippen LogP contribution is -2.50. The first kappa shape index (κ1) is 18.7. The van der Waals surface area contributed by atoms with Crippen molar-refractivity contribution in [2.75, 3.05) is 20.1 Å². The fourth-order valence-corrected chi connectivity index (χ4v) is 1.75. The molecule has 3 N–H and O–H groups in total. The molecule has 0 spiro atoms. The first-order valence-electron chi connectivity index (χ1n) is 7.30. The minimum atomic E-state index is -0.994. The summed E-state index contributed by atoms with van der Waals surface area (Å²) in [6.07, 6.45) is 1.76. The summed E-state index contributed by atoms with van der Waals surface area (Å²) in [4.78, 5) is 24.9. The molecular formula is C14H29N3O3. The summed E-state index contributed by atoms with van der Waals surface area (Å²) in [7, 11) is 2.01. The summed E-state index contributed by atoms with van der Waals surface area (Å²) in [5, 5.41) is 14.3. The van der Waals surface area contributed by atoms with Gasteiger partial charge in [-0.25, -0.2) is 9.59 Å². The van der Waals surface area contributed by atoms with Gasteiger partial charge in [-0.3, -0.25) is 0 Å². The molecule has 0 aliphatic rings.